The average Bonchev–Trinajstić information content (AvgIpc) is 2.99. The SMILES string of the molecule is CC1=CNC(C23CC2CN(C(=O)c2cc(S(C)(=O)=O)ccc2OC(C)C(F)(F)F)C3)O1. The fourth-order valence-electron chi connectivity index (χ4n) is 4.25. The van der Waals surface area contributed by atoms with Crippen LogP contribution >= 0.6 is 0 Å². The van der Waals surface area contributed by atoms with E-state index >= 15 is 0 Å². The molecule has 2 heterocycles. The highest BCUT2D eigenvalue weighted by Crippen LogP contribution is 2.61. The molecule has 1 aromatic carbocycles. The summed E-state index contributed by atoms with van der Waals surface area (Å²) in [5, 5.41) is 3.16. The maximum atomic E-state index is 13.3. The first-order chi connectivity index (χ1) is 14.3. The predicted molar refractivity (Wildman–Crippen MR) is 104 cm³/mol. The zero-order valence-electron chi connectivity index (χ0n) is 17.2. The summed E-state index contributed by atoms with van der Waals surface area (Å²) in [6, 6.07) is 3.33. The van der Waals surface area contributed by atoms with Crippen LogP contribution in [-0.2, 0) is 14.6 Å². The van der Waals surface area contributed by atoms with Crippen molar-refractivity contribution in [1.29, 1.82) is 0 Å². The Balaban J connectivity index is 1.61. The van der Waals surface area contributed by atoms with Gasteiger partial charge in [-0.25, -0.2) is 8.42 Å². The quantitative estimate of drug-likeness (QED) is 0.728. The van der Waals surface area contributed by atoms with Gasteiger partial charge in [0.2, 0.25) is 0 Å². The maximum absolute atomic E-state index is 13.3. The second kappa shape index (κ2) is 7.04. The van der Waals surface area contributed by atoms with E-state index in [9.17, 15) is 26.4 Å². The topological polar surface area (TPSA) is 84.9 Å². The number of carbonyl (C=O) groups excluding carboxylic acids is 1. The Hall–Kier alpha value is -2.43. The van der Waals surface area contributed by atoms with Gasteiger partial charge in [0.15, 0.2) is 22.2 Å². The number of piperidine rings is 1. The van der Waals surface area contributed by atoms with Crippen molar-refractivity contribution in [3.05, 3.63) is 35.7 Å². The van der Waals surface area contributed by atoms with Gasteiger partial charge in [-0.05, 0) is 44.4 Å². The molecule has 4 atom stereocenters. The number of benzene rings is 1. The third-order valence-electron chi connectivity index (χ3n) is 6.13. The Kier molecular flexibility index (Phi) is 4.95. The zero-order valence-corrected chi connectivity index (χ0v) is 18.0. The van der Waals surface area contributed by atoms with Crippen LogP contribution in [0.4, 0.5) is 13.2 Å². The number of nitrogens with one attached hydrogen (secondary N) is 1. The highest BCUT2D eigenvalue weighted by molar-refractivity contribution is 7.90. The molecule has 170 valence electrons. The van der Waals surface area contributed by atoms with Crippen molar-refractivity contribution in [3.63, 3.8) is 0 Å². The van der Waals surface area contributed by atoms with E-state index in [1.807, 2.05) is 6.92 Å². The lowest BCUT2D eigenvalue weighted by Crippen LogP contribution is -2.40. The van der Waals surface area contributed by atoms with Crippen molar-refractivity contribution in [1.82, 2.24) is 10.2 Å². The first-order valence-electron chi connectivity index (χ1n) is 9.77. The number of hydrogen-bond acceptors (Lipinski definition) is 6. The number of fused-ring (bicyclic) bond motifs is 1. The van der Waals surface area contributed by atoms with Crippen molar-refractivity contribution in [3.8, 4) is 5.75 Å². The molecule has 1 N–H and O–H groups in total. The van der Waals surface area contributed by atoms with Crippen molar-refractivity contribution < 1.29 is 35.9 Å². The minimum absolute atomic E-state index is 0.164. The van der Waals surface area contributed by atoms with Gasteiger partial charge in [-0.3, -0.25) is 4.79 Å². The highest BCUT2D eigenvalue weighted by Gasteiger charge is 2.66. The predicted octanol–water partition coefficient (Wildman–Crippen LogP) is 2.69. The molecule has 7 nitrogen and oxygen atoms in total. The van der Waals surface area contributed by atoms with Crippen LogP contribution < -0.4 is 10.1 Å². The van der Waals surface area contributed by atoms with Gasteiger partial charge in [-0.1, -0.05) is 0 Å². The third kappa shape index (κ3) is 3.95. The third-order valence-corrected chi connectivity index (χ3v) is 7.24. The molecule has 1 aromatic rings. The summed E-state index contributed by atoms with van der Waals surface area (Å²) in [4.78, 5) is 14.6. The molecular formula is C20H23F3N2O5S. The Bertz CT molecular complexity index is 1060. The smallest absolute Gasteiger partial charge is 0.425 e. The number of nitrogens with zero attached hydrogens (tertiary/aromatic N) is 1. The fraction of sp³-hybridized carbons (Fsp3) is 0.550. The number of amides is 1. The van der Waals surface area contributed by atoms with E-state index in [4.69, 9.17) is 9.47 Å². The molecule has 0 aromatic heterocycles. The number of likely N-dealkylation sites (tertiary alicyclic amines) is 1. The van der Waals surface area contributed by atoms with E-state index in [0.717, 1.165) is 43.6 Å². The molecule has 1 saturated carbocycles. The first-order valence-corrected chi connectivity index (χ1v) is 11.7. The van der Waals surface area contributed by atoms with Crippen molar-refractivity contribution >= 4 is 15.7 Å². The fourth-order valence-corrected chi connectivity index (χ4v) is 4.90. The summed E-state index contributed by atoms with van der Waals surface area (Å²) < 4.78 is 73.7. The molecule has 0 spiro atoms. The average molecular weight is 460 g/mol. The number of sulfone groups is 1. The van der Waals surface area contributed by atoms with E-state index in [-0.39, 0.29) is 33.8 Å². The lowest BCUT2D eigenvalue weighted by molar-refractivity contribution is -0.189. The zero-order chi connectivity index (χ0) is 22.8. The molecule has 1 amide bonds. The molecule has 11 heteroatoms. The summed E-state index contributed by atoms with van der Waals surface area (Å²) >= 11 is 0. The summed E-state index contributed by atoms with van der Waals surface area (Å²) in [5.74, 6) is 0.0750. The van der Waals surface area contributed by atoms with Gasteiger partial charge in [0.1, 0.15) is 11.5 Å². The van der Waals surface area contributed by atoms with Gasteiger partial charge < -0.3 is 19.7 Å². The molecule has 0 radical (unpaired) electrons. The number of halogens is 3. The Morgan fingerprint density at radius 3 is 2.68 bits per heavy atom. The van der Waals surface area contributed by atoms with Gasteiger partial charge >= 0.3 is 6.18 Å². The minimum Gasteiger partial charge on any atom is -0.480 e. The van der Waals surface area contributed by atoms with Gasteiger partial charge in [0, 0.05) is 31.0 Å². The molecule has 4 rings (SSSR count). The normalized spacial score (nSPS) is 28.3. The van der Waals surface area contributed by atoms with E-state index in [0.29, 0.717) is 13.1 Å². The van der Waals surface area contributed by atoms with E-state index < -0.39 is 28.0 Å². The lowest BCUT2D eigenvalue weighted by Gasteiger charge is -2.26. The van der Waals surface area contributed by atoms with Crippen molar-refractivity contribution in [2.24, 2.45) is 11.3 Å². The number of carbonyl (C=O) groups is 1. The van der Waals surface area contributed by atoms with E-state index in [2.05, 4.69) is 5.32 Å². The second-order valence-electron chi connectivity index (χ2n) is 8.47. The number of alkyl halides is 3. The summed E-state index contributed by atoms with van der Waals surface area (Å²) in [5.41, 5.74) is -0.469. The molecule has 2 fully saturated rings. The number of ether oxygens (including phenoxy) is 2. The van der Waals surface area contributed by atoms with Gasteiger partial charge in [0.25, 0.3) is 5.91 Å². The second-order valence-corrected chi connectivity index (χ2v) is 10.5. The van der Waals surface area contributed by atoms with E-state index in [1.54, 1.807) is 6.20 Å². The summed E-state index contributed by atoms with van der Waals surface area (Å²) in [7, 11) is -3.67. The van der Waals surface area contributed by atoms with Gasteiger partial charge in [0.05, 0.1) is 10.5 Å². The van der Waals surface area contributed by atoms with Crippen LogP contribution in [-0.4, -0.2) is 57.1 Å². The Morgan fingerprint density at radius 1 is 1.39 bits per heavy atom. The lowest BCUT2D eigenvalue weighted by atomic mass is 10.0. The van der Waals surface area contributed by atoms with Crippen molar-refractivity contribution in [2.75, 3.05) is 19.3 Å². The molecule has 0 bridgehead atoms. The van der Waals surface area contributed by atoms with Gasteiger partial charge in [-0.15, -0.1) is 0 Å². The molecule has 1 saturated heterocycles. The molecule has 31 heavy (non-hydrogen) atoms. The van der Waals surface area contributed by atoms with Crippen LogP contribution in [0.3, 0.4) is 0 Å². The number of rotatable bonds is 5. The number of allylic oxidation sites excluding steroid dienone is 1. The maximum Gasteiger partial charge on any atom is 0.425 e. The largest absolute Gasteiger partial charge is 0.480 e. The molecular weight excluding hydrogens is 437 g/mol. The first kappa shape index (κ1) is 21.8. The summed E-state index contributed by atoms with van der Waals surface area (Å²) in [6.07, 6.45) is -3.46. The van der Waals surface area contributed by atoms with Crippen LogP contribution in [0.25, 0.3) is 0 Å². The number of hydrogen-bond donors (Lipinski definition) is 1. The van der Waals surface area contributed by atoms with Gasteiger partial charge in [-0.2, -0.15) is 13.2 Å². The molecule has 2 aliphatic heterocycles. The standard InChI is InChI=1S/C20H23F3N2O5S/c1-11-8-24-18(29-11)19-7-13(19)9-25(10-19)17(26)15-6-14(31(3,27)28)4-5-16(15)30-12(2)20(21,22)23/h4-6,8,12-13,18,24H,7,9-10H2,1-3H3. The highest BCUT2D eigenvalue weighted by atomic mass is 32.2. The van der Waals surface area contributed by atoms with Crippen LogP contribution in [0.5, 0.6) is 5.75 Å². The molecule has 4 unspecified atom stereocenters. The Labute approximate surface area is 178 Å². The minimum atomic E-state index is -4.63. The van der Waals surface area contributed by atoms with Crippen LogP contribution in [0.15, 0.2) is 35.1 Å². The van der Waals surface area contributed by atoms with Crippen LogP contribution in [0.2, 0.25) is 0 Å². The van der Waals surface area contributed by atoms with Crippen LogP contribution in [0.1, 0.15) is 30.6 Å². The van der Waals surface area contributed by atoms with Crippen molar-refractivity contribution in [2.45, 2.75) is 43.7 Å². The van der Waals surface area contributed by atoms with E-state index in [1.165, 1.54) is 4.90 Å². The molecule has 1 aliphatic carbocycles. The molecule has 3 aliphatic rings. The summed E-state index contributed by atoms with van der Waals surface area (Å²) in [6.45, 7) is 3.42. The Morgan fingerprint density at radius 2 is 2.10 bits per heavy atom. The van der Waals surface area contributed by atoms with Crippen LogP contribution in [0, 0.1) is 11.3 Å². The monoisotopic (exact) mass is 460 g/mol.